The van der Waals surface area contributed by atoms with Crippen LogP contribution in [-0.4, -0.2) is 204 Å². The largest absolute Gasteiger partial charge is 0.472 e. The lowest BCUT2D eigenvalue weighted by Crippen LogP contribution is -2.69. The fourth-order valence-electron chi connectivity index (χ4n) is 13.3. The Morgan fingerprint density at radius 1 is 0.376 bits per heavy atom. The summed E-state index contributed by atoms with van der Waals surface area (Å²) in [6, 6.07) is 0. The summed E-state index contributed by atoms with van der Waals surface area (Å²) in [4.78, 5) is 51.1. The number of ether oxygens (including phenoxy) is 7. The minimum absolute atomic E-state index is 0.0281. The molecule has 25 heteroatoms. The second-order valence-corrected chi connectivity index (χ2v) is 30.2. The topological polar surface area (TPSA) is 374 Å². The normalized spacial score (nSPS) is 27.2. The number of aliphatic hydroxyl groups is 10. The van der Waals surface area contributed by atoms with E-state index < -0.39 is 156 Å². The van der Waals surface area contributed by atoms with Gasteiger partial charge in [-0.2, -0.15) is 0 Å². The molecule has 101 heavy (non-hydrogen) atoms. The molecule has 0 radical (unpaired) electrons. The van der Waals surface area contributed by atoms with Crippen LogP contribution in [0.1, 0.15) is 323 Å². The van der Waals surface area contributed by atoms with Crippen molar-refractivity contribution in [3.63, 3.8) is 0 Å². The number of aliphatic hydroxyl groups excluding tert-OH is 10. The first-order chi connectivity index (χ1) is 48.8. The molecule has 1 aliphatic carbocycles. The van der Waals surface area contributed by atoms with Crippen LogP contribution in [-0.2, 0) is 61.2 Å². The molecule has 2 heterocycles. The quantitative estimate of drug-likeness (QED) is 0.00886. The van der Waals surface area contributed by atoms with E-state index in [4.69, 9.17) is 42.2 Å². The Morgan fingerprint density at radius 3 is 1.08 bits per heavy atom. The Morgan fingerprint density at radius 2 is 0.693 bits per heavy atom. The monoisotopic (exact) mass is 1470 g/mol. The van der Waals surface area contributed by atoms with Crippen molar-refractivity contribution in [2.45, 2.75) is 427 Å². The summed E-state index contributed by atoms with van der Waals surface area (Å²) in [6.07, 6.45) is 18.3. The van der Waals surface area contributed by atoms with Crippen LogP contribution in [0, 0.1) is 0 Å². The van der Waals surface area contributed by atoms with Crippen molar-refractivity contribution < 1.29 is 117 Å². The van der Waals surface area contributed by atoms with E-state index in [1.165, 1.54) is 167 Å². The van der Waals surface area contributed by atoms with E-state index in [2.05, 4.69) is 32.9 Å². The van der Waals surface area contributed by atoms with Crippen molar-refractivity contribution in [3.8, 4) is 0 Å². The number of esters is 3. The van der Waals surface area contributed by atoms with Crippen LogP contribution in [0.25, 0.3) is 0 Å². The summed E-state index contributed by atoms with van der Waals surface area (Å²) < 4.78 is 65.1. The Labute approximate surface area is 605 Å². The maximum absolute atomic E-state index is 14.4. The molecule has 594 valence electrons. The van der Waals surface area contributed by atoms with Crippen LogP contribution in [0.2, 0.25) is 0 Å². The third-order valence-corrected chi connectivity index (χ3v) is 20.8. The Balaban J connectivity index is 1.71. The first-order valence-corrected chi connectivity index (χ1v) is 41.5. The van der Waals surface area contributed by atoms with Crippen molar-refractivity contribution >= 4 is 25.7 Å². The third-order valence-electron chi connectivity index (χ3n) is 19.8. The van der Waals surface area contributed by atoms with Gasteiger partial charge in [-0.15, -0.1) is 0 Å². The summed E-state index contributed by atoms with van der Waals surface area (Å²) in [5, 5.41) is 110. The minimum Gasteiger partial charge on any atom is -0.463 e. The minimum atomic E-state index is -5.70. The van der Waals surface area contributed by atoms with E-state index in [9.17, 15) is 74.9 Å². The predicted molar refractivity (Wildman–Crippen MR) is 384 cm³/mol. The molecule has 3 fully saturated rings. The molecule has 0 amide bonds. The summed E-state index contributed by atoms with van der Waals surface area (Å²) >= 11 is 0. The van der Waals surface area contributed by atoms with Crippen molar-refractivity contribution in [1.29, 1.82) is 0 Å². The number of carbonyl (C=O) groups is 3. The van der Waals surface area contributed by atoms with E-state index in [-0.39, 0.29) is 19.3 Å². The van der Waals surface area contributed by atoms with Gasteiger partial charge in [-0.05, 0) is 44.9 Å². The Kier molecular flexibility index (Phi) is 53.2. The van der Waals surface area contributed by atoms with Crippen LogP contribution in [0.5, 0.6) is 0 Å². The molecule has 0 aromatic carbocycles. The highest BCUT2D eigenvalue weighted by molar-refractivity contribution is 7.47. The molecule has 0 bridgehead atoms. The van der Waals surface area contributed by atoms with Crippen LogP contribution in [0.15, 0.2) is 12.2 Å². The van der Waals surface area contributed by atoms with Crippen molar-refractivity contribution in [1.82, 2.24) is 0 Å². The van der Waals surface area contributed by atoms with Crippen LogP contribution in [0.3, 0.4) is 0 Å². The van der Waals surface area contributed by atoms with Gasteiger partial charge in [0.05, 0.1) is 13.2 Å². The number of allylic oxidation sites excluding steroid dienone is 2. The van der Waals surface area contributed by atoms with E-state index in [1.807, 2.05) is 0 Å². The van der Waals surface area contributed by atoms with E-state index in [0.717, 1.165) is 96.3 Å². The fourth-order valence-corrected chi connectivity index (χ4v) is 14.2. The van der Waals surface area contributed by atoms with E-state index >= 15 is 0 Å². The van der Waals surface area contributed by atoms with Gasteiger partial charge in [-0.25, -0.2) is 4.57 Å². The SMILES string of the molecule is CCCCCCCCC/C=C\CCCCCC(=O)OCC(COP(=O)(O)OC1C(OC2OC(CO)C(O)C(O)C2O)C(O)C(O)C(O)C1OC1OC(COC(=O)CCCCCCCCCCCCCCCCCC)C(O)C(O)C1O)OC(=O)CCCCCCCCCCCCCCCCCC. The first-order valence-electron chi connectivity index (χ1n) is 40.0. The molecule has 11 N–H and O–H groups in total. The lowest BCUT2D eigenvalue weighted by atomic mass is 9.84. The smallest absolute Gasteiger partial charge is 0.463 e. The van der Waals surface area contributed by atoms with Gasteiger partial charge in [0.15, 0.2) is 18.7 Å². The molecule has 0 spiro atoms. The number of phosphoric acid groups is 1. The lowest BCUT2D eigenvalue weighted by molar-refractivity contribution is -0.360. The van der Waals surface area contributed by atoms with Gasteiger partial charge in [0, 0.05) is 19.3 Å². The molecule has 24 nitrogen and oxygen atoms in total. The zero-order valence-electron chi connectivity index (χ0n) is 62.2. The zero-order chi connectivity index (χ0) is 73.9. The number of hydrogen-bond donors (Lipinski definition) is 11. The molecular weight excluding hydrogens is 1330 g/mol. The van der Waals surface area contributed by atoms with Gasteiger partial charge < -0.3 is 89.1 Å². The van der Waals surface area contributed by atoms with Crippen molar-refractivity contribution in [2.75, 3.05) is 26.4 Å². The van der Waals surface area contributed by atoms with Crippen molar-refractivity contribution in [2.24, 2.45) is 0 Å². The highest BCUT2D eigenvalue weighted by Crippen LogP contribution is 2.49. The van der Waals surface area contributed by atoms with E-state index in [1.54, 1.807) is 0 Å². The summed E-state index contributed by atoms with van der Waals surface area (Å²) in [5.41, 5.74) is 0. The molecule has 1 saturated carbocycles. The molecule has 3 rings (SSSR count). The molecule has 2 saturated heterocycles. The predicted octanol–water partition coefficient (Wildman–Crippen LogP) is 11.9. The van der Waals surface area contributed by atoms with Gasteiger partial charge in [-0.3, -0.25) is 23.4 Å². The lowest BCUT2D eigenvalue weighted by Gasteiger charge is -2.49. The van der Waals surface area contributed by atoms with Crippen LogP contribution < -0.4 is 0 Å². The Bertz CT molecular complexity index is 2130. The highest BCUT2D eigenvalue weighted by atomic mass is 31.2. The maximum Gasteiger partial charge on any atom is 0.472 e. The third kappa shape index (κ3) is 40.5. The van der Waals surface area contributed by atoms with Gasteiger partial charge >= 0.3 is 25.7 Å². The molecule has 18 unspecified atom stereocenters. The van der Waals surface area contributed by atoms with Gasteiger partial charge in [0.1, 0.15) is 98.7 Å². The van der Waals surface area contributed by atoms with Crippen LogP contribution >= 0.6 is 7.82 Å². The maximum atomic E-state index is 14.4. The number of carbonyl (C=O) groups excluding carboxylic acids is 3. The summed E-state index contributed by atoms with van der Waals surface area (Å²) in [5.74, 6) is -1.99. The zero-order valence-corrected chi connectivity index (χ0v) is 63.1. The second-order valence-electron chi connectivity index (χ2n) is 28.8. The standard InChI is InChI=1S/C76H141O24P/c1-4-7-10-13-16-19-22-25-28-30-33-36-39-42-45-48-51-61(79)93-56-59-64(82)66(84)71(89)76(97-59)99-73-69(87)67(85)68(86)72(98-75-70(88)65(83)63(81)58(53-77)96-75)74(73)100-101(90,91)94-55-57(54-92-60(78)50-47-44-41-38-35-32-27-24-21-18-15-12-9-6-3)95-62(80)52-49-46-43-40-37-34-31-29-26-23-20-17-14-11-8-5-2/h32,35,57-59,63-77,81-89H,4-31,33-34,36-56H2,1-3H3,(H,90,91)/b35-32-. The average molecular weight is 1470 g/mol. The molecule has 0 aromatic heterocycles. The molecule has 0 aromatic rings. The number of unbranched alkanes of at least 4 members (excludes halogenated alkanes) is 40. The fraction of sp³-hybridized carbons (Fsp3) is 0.934. The van der Waals surface area contributed by atoms with Gasteiger partial charge in [-0.1, -0.05) is 270 Å². The summed E-state index contributed by atoms with van der Waals surface area (Å²) in [6.45, 7) is 3.47. The second kappa shape index (κ2) is 57.8. The molecule has 3 aliphatic rings. The molecular formula is C76H141O24P. The average Bonchev–Trinajstić information content (AvgIpc) is 0.761. The summed E-state index contributed by atoms with van der Waals surface area (Å²) in [7, 11) is -5.70. The van der Waals surface area contributed by atoms with E-state index in [0.29, 0.717) is 19.3 Å². The Hall–Kier alpha value is -2.30. The number of phosphoric ester groups is 1. The number of hydrogen-bond acceptors (Lipinski definition) is 23. The molecule has 2 aliphatic heterocycles. The van der Waals surface area contributed by atoms with Crippen molar-refractivity contribution in [3.05, 3.63) is 12.2 Å². The number of rotatable bonds is 63. The van der Waals surface area contributed by atoms with Gasteiger partial charge in [0.25, 0.3) is 0 Å². The van der Waals surface area contributed by atoms with Gasteiger partial charge in [0.2, 0.25) is 0 Å². The molecule has 18 atom stereocenters. The highest BCUT2D eigenvalue weighted by Gasteiger charge is 2.58. The first kappa shape index (κ1) is 92.9. The van der Waals surface area contributed by atoms with Crippen LogP contribution in [0.4, 0.5) is 0 Å².